The van der Waals surface area contributed by atoms with Gasteiger partial charge in [0.1, 0.15) is 18.3 Å². The van der Waals surface area contributed by atoms with Crippen molar-refractivity contribution in [3.05, 3.63) is 88.4 Å². The van der Waals surface area contributed by atoms with Crippen LogP contribution >= 0.6 is 23.2 Å². The summed E-state index contributed by atoms with van der Waals surface area (Å²) in [5.74, 6) is -0.218. The van der Waals surface area contributed by atoms with Crippen molar-refractivity contribution in [2.75, 3.05) is 24.5 Å². The van der Waals surface area contributed by atoms with Crippen molar-refractivity contribution in [1.29, 1.82) is 0 Å². The predicted molar refractivity (Wildman–Crippen MR) is 158 cm³/mol. The molecule has 0 aliphatic rings. The van der Waals surface area contributed by atoms with Crippen LogP contribution in [0.15, 0.2) is 77.7 Å². The molecule has 11 heteroatoms. The standard InChI is InChI=1S/C29H33Cl2N3O5S/c1-20(2)17-32-29(36)21(3)33(18-22-6-5-7-24(31)16-22)28(35)19-34(25-10-8-23(30)9-11-25)40(37,38)27-14-12-26(39-4)13-15-27/h5-16,20-21H,17-19H2,1-4H3,(H,32,36). The smallest absolute Gasteiger partial charge is 0.264 e. The van der Waals surface area contributed by atoms with Crippen LogP contribution in [-0.4, -0.2) is 51.4 Å². The molecule has 3 aromatic carbocycles. The molecule has 0 spiro atoms. The molecule has 2 amide bonds. The lowest BCUT2D eigenvalue weighted by Gasteiger charge is -2.32. The minimum atomic E-state index is -4.20. The van der Waals surface area contributed by atoms with E-state index in [0.717, 1.165) is 4.31 Å². The lowest BCUT2D eigenvalue weighted by Crippen LogP contribution is -2.51. The maximum absolute atomic E-state index is 13.9. The molecule has 0 saturated carbocycles. The van der Waals surface area contributed by atoms with Gasteiger partial charge >= 0.3 is 0 Å². The van der Waals surface area contributed by atoms with Crippen molar-refractivity contribution in [3.8, 4) is 5.75 Å². The summed E-state index contributed by atoms with van der Waals surface area (Å²) in [5.41, 5.74) is 0.939. The molecule has 0 bridgehead atoms. The van der Waals surface area contributed by atoms with Gasteiger partial charge in [0.05, 0.1) is 17.7 Å². The van der Waals surface area contributed by atoms with Crippen molar-refractivity contribution >= 4 is 50.7 Å². The zero-order chi connectivity index (χ0) is 29.4. The van der Waals surface area contributed by atoms with Crippen LogP contribution in [0.1, 0.15) is 26.3 Å². The Kier molecular flexibility index (Phi) is 10.8. The van der Waals surface area contributed by atoms with Crippen molar-refractivity contribution in [3.63, 3.8) is 0 Å². The van der Waals surface area contributed by atoms with Crippen LogP contribution in [0, 0.1) is 5.92 Å². The molecule has 0 saturated heterocycles. The number of carbonyl (C=O) groups excluding carboxylic acids is 2. The SMILES string of the molecule is COc1ccc(S(=O)(=O)N(CC(=O)N(Cc2cccc(Cl)c2)C(C)C(=O)NCC(C)C)c2ccc(Cl)cc2)cc1. The molecule has 0 radical (unpaired) electrons. The Morgan fingerprint density at radius 3 is 2.15 bits per heavy atom. The highest BCUT2D eigenvalue weighted by Crippen LogP contribution is 2.27. The van der Waals surface area contributed by atoms with E-state index in [9.17, 15) is 18.0 Å². The van der Waals surface area contributed by atoms with Crippen molar-refractivity contribution < 1.29 is 22.7 Å². The van der Waals surface area contributed by atoms with Crippen LogP contribution in [-0.2, 0) is 26.2 Å². The number of rotatable bonds is 12. The lowest BCUT2D eigenvalue weighted by molar-refractivity contribution is -0.139. The second-order valence-corrected chi connectivity index (χ2v) is 12.4. The van der Waals surface area contributed by atoms with Gasteiger partial charge < -0.3 is 15.0 Å². The van der Waals surface area contributed by atoms with E-state index in [-0.39, 0.29) is 29.0 Å². The average Bonchev–Trinajstić information content (AvgIpc) is 2.93. The second kappa shape index (κ2) is 13.9. The number of ether oxygens (including phenoxy) is 1. The quantitative estimate of drug-likeness (QED) is 0.299. The molecule has 1 unspecified atom stereocenters. The summed E-state index contributed by atoms with van der Waals surface area (Å²) >= 11 is 12.2. The minimum Gasteiger partial charge on any atom is -0.497 e. The van der Waals surface area contributed by atoms with E-state index >= 15 is 0 Å². The number of methoxy groups -OCH3 is 1. The Labute approximate surface area is 245 Å². The van der Waals surface area contributed by atoms with Crippen LogP contribution in [0.25, 0.3) is 0 Å². The van der Waals surface area contributed by atoms with Gasteiger partial charge in [-0.05, 0) is 79.1 Å². The van der Waals surface area contributed by atoms with Gasteiger partial charge in [0.15, 0.2) is 0 Å². The number of benzene rings is 3. The van der Waals surface area contributed by atoms with Gasteiger partial charge in [-0.15, -0.1) is 0 Å². The molecule has 0 aromatic heterocycles. The molecule has 8 nitrogen and oxygen atoms in total. The number of hydrogen-bond donors (Lipinski definition) is 1. The van der Waals surface area contributed by atoms with Gasteiger partial charge in [-0.25, -0.2) is 8.42 Å². The molecule has 3 rings (SSSR count). The molecule has 3 aromatic rings. The maximum Gasteiger partial charge on any atom is 0.264 e. The third-order valence-electron chi connectivity index (χ3n) is 6.13. The van der Waals surface area contributed by atoms with Crippen LogP contribution < -0.4 is 14.4 Å². The summed E-state index contributed by atoms with van der Waals surface area (Å²) in [4.78, 5) is 28.3. The monoisotopic (exact) mass is 605 g/mol. The molecule has 0 heterocycles. The number of anilines is 1. The number of amides is 2. The average molecular weight is 607 g/mol. The highest BCUT2D eigenvalue weighted by atomic mass is 35.5. The first-order valence-corrected chi connectivity index (χ1v) is 14.9. The Balaban J connectivity index is 2.01. The Morgan fingerprint density at radius 1 is 0.925 bits per heavy atom. The molecule has 1 N–H and O–H groups in total. The van der Waals surface area contributed by atoms with E-state index in [1.165, 1.54) is 48.4 Å². The highest BCUT2D eigenvalue weighted by Gasteiger charge is 2.32. The molecule has 1 atom stereocenters. The van der Waals surface area contributed by atoms with Crippen LogP contribution in [0.4, 0.5) is 5.69 Å². The number of halogens is 2. The van der Waals surface area contributed by atoms with Crippen LogP contribution in [0.2, 0.25) is 10.0 Å². The summed E-state index contributed by atoms with van der Waals surface area (Å²) in [6.45, 7) is 5.47. The summed E-state index contributed by atoms with van der Waals surface area (Å²) in [7, 11) is -2.72. The Hall–Kier alpha value is -3.27. The van der Waals surface area contributed by atoms with E-state index in [2.05, 4.69) is 5.32 Å². The first-order valence-electron chi connectivity index (χ1n) is 12.7. The molecule has 0 fully saturated rings. The second-order valence-electron chi connectivity index (χ2n) is 9.63. The minimum absolute atomic E-state index is 0.0276. The predicted octanol–water partition coefficient (Wildman–Crippen LogP) is 5.39. The van der Waals surface area contributed by atoms with E-state index in [0.29, 0.717) is 27.9 Å². The molecular weight excluding hydrogens is 573 g/mol. The van der Waals surface area contributed by atoms with Gasteiger partial charge in [0.2, 0.25) is 11.8 Å². The zero-order valence-electron chi connectivity index (χ0n) is 22.8. The van der Waals surface area contributed by atoms with E-state index in [1.807, 2.05) is 13.8 Å². The van der Waals surface area contributed by atoms with Gasteiger partial charge in [0.25, 0.3) is 10.0 Å². The fourth-order valence-corrected chi connectivity index (χ4v) is 5.63. The van der Waals surface area contributed by atoms with Gasteiger partial charge in [-0.3, -0.25) is 13.9 Å². The van der Waals surface area contributed by atoms with E-state index in [1.54, 1.807) is 43.3 Å². The summed E-state index contributed by atoms with van der Waals surface area (Å²) < 4.78 is 33.9. The summed E-state index contributed by atoms with van der Waals surface area (Å²) in [6.07, 6.45) is 0. The molecule has 0 aliphatic carbocycles. The van der Waals surface area contributed by atoms with Crippen LogP contribution in [0.3, 0.4) is 0 Å². The summed E-state index contributed by atoms with van der Waals surface area (Å²) in [5, 5.41) is 3.75. The van der Waals surface area contributed by atoms with Gasteiger partial charge in [0, 0.05) is 23.1 Å². The Morgan fingerprint density at radius 2 is 1.57 bits per heavy atom. The number of sulfonamides is 1. The number of hydrogen-bond acceptors (Lipinski definition) is 5. The van der Waals surface area contributed by atoms with Crippen molar-refractivity contribution in [1.82, 2.24) is 10.2 Å². The fourth-order valence-electron chi connectivity index (χ4n) is 3.88. The first-order chi connectivity index (χ1) is 18.9. The van der Waals surface area contributed by atoms with E-state index in [4.69, 9.17) is 27.9 Å². The normalized spacial score (nSPS) is 12.1. The number of nitrogens with one attached hydrogen (secondary N) is 1. The number of carbonyl (C=O) groups is 2. The molecule has 0 aliphatic heterocycles. The third-order valence-corrected chi connectivity index (χ3v) is 8.41. The lowest BCUT2D eigenvalue weighted by atomic mass is 10.1. The zero-order valence-corrected chi connectivity index (χ0v) is 25.1. The number of nitrogens with zero attached hydrogens (tertiary/aromatic N) is 2. The molecule has 40 heavy (non-hydrogen) atoms. The first kappa shape index (κ1) is 31.3. The Bertz CT molecular complexity index is 1410. The highest BCUT2D eigenvalue weighted by molar-refractivity contribution is 7.92. The van der Waals surface area contributed by atoms with Crippen LogP contribution in [0.5, 0.6) is 5.75 Å². The van der Waals surface area contributed by atoms with Crippen molar-refractivity contribution in [2.45, 2.75) is 38.3 Å². The van der Waals surface area contributed by atoms with Gasteiger partial charge in [-0.1, -0.05) is 49.2 Å². The summed E-state index contributed by atoms with van der Waals surface area (Å²) in [6, 6.07) is 18.1. The van der Waals surface area contributed by atoms with E-state index < -0.39 is 28.5 Å². The largest absolute Gasteiger partial charge is 0.497 e. The molecular formula is C29H33Cl2N3O5S. The van der Waals surface area contributed by atoms with Crippen molar-refractivity contribution in [2.24, 2.45) is 5.92 Å². The molecule has 214 valence electrons. The van der Waals surface area contributed by atoms with Gasteiger partial charge in [-0.2, -0.15) is 0 Å². The fraction of sp³-hybridized carbons (Fsp3) is 0.310. The topological polar surface area (TPSA) is 96.0 Å². The third kappa shape index (κ3) is 8.13. The maximum atomic E-state index is 13.9.